The van der Waals surface area contributed by atoms with Crippen molar-refractivity contribution in [1.29, 1.82) is 0 Å². The normalized spacial score (nSPS) is 11.6. The maximum Gasteiger partial charge on any atom is 0.254 e. The highest BCUT2D eigenvalue weighted by atomic mass is 79.9. The molecule has 0 aliphatic heterocycles. The van der Waals surface area contributed by atoms with Crippen LogP contribution >= 0.6 is 15.9 Å². The predicted octanol–water partition coefficient (Wildman–Crippen LogP) is 5.91. The van der Waals surface area contributed by atoms with Crippen molar-refractivity contribution < 1.29 is 14.3 Å². The highest BCUT2D eigenvalue weighted by Gasteiger charge is 2.20. The molecule has 0 aromatic heterocycles. The lowest BCUT2D eigenvalue weighted by Crippen LogP contribution is -2.33. The van der Waals surface area contributed by atoms with Crippen molar-refractivity contribution in [3.05, 3.63) is 94.0 Å². The molecular formula is C25H26BrNO3. The Morgan fingerprint density at radius 1 is 0.933 bits per heavy atom. The molecule has 3 aromatic carbocycles. The van der Waals surface area contributed by atoms with Crippen LogP contribution in [0.2, 0.25) is 0 Å². The maximum atomic E-state index is 13.4. The highest BCUT2D eigenvalue weighted by molar-refractivity contribution is 9.10. The average molecular weight is 468 g/mol. The molecule has 5 heteroatoms. The van der Waals surface area contributed by atoms with Crippen LogP contribution in [0.1, 0.15) is 34.3 Å². The minimum Gasteiger partial charge on any atom is -0.493 e. The van der Waals surface area contributed by atoms with Crippen LogP contribution in [0.25, 0.3) is 0 Å². The highest BCUT2D eigenvalue weighted by Crippen LogP contribution is 2.29. The average Bonchev–Trinajstić information content (AvgIpc) is 2.78. The minimum atomic E-state index is -0.00568. The Morgan fingerprint density at radius 2 is 1.67 bits per heavy atom. The molecule has 4 nitrogen and oxygen atoms in total. The SMILES string of the molecule is COc1ccc(CN(C[C@@H](C)c2ccccc2)C(=O)c2cccc(Br)c2)cc1OC. The largest absolute Gasteiger partial charge is 0.493 e. The Morgan fingerprint density at radius 3 is 2.33 bits per heavy atom. The van der Waals surface area contributed by atoms with Gasteiger partial charge in [0.1, 0.15) is 0 Å². The zero-order valence-corrected chi connectivity index (χ0v) is 19.1. The number of hydrogen-bond donors (Lipinski definition) is 0. The molecule has 0 aliphatic carbocycles. The summed E-state index contributed by atoms with van der Waals surface area (Å²) in [6.45, 7) is 3.22. The summed E-state index contributed by atoms with van der Waals surface area (Å²) >= 11 is 3.47. The summed E-state index contributed by atoms with van der Waals surface area (Å²) in [6, 6.07) is 23.5. The lowest BCUT2D eigenvalue weighted by Gasteiger charge is -2.27. The molecule has 0 N–H and O–H groups in total. The van der Waals surface area contributed by atoms with Crippen LogP contribution in [0.3, 0.4) is 0 Å². The van der Waals surface area contributed by atoms with E-state index in [4.69, 9.17) is 9.47 Å². The molecule has 0 radical (unpaired) electrons. The summed E-state index contributed by atoms with van der Waals surface area (Å²) in [5, 5.41) is 0. The maximum absolute atomic E-state index is 13.4. The van der Waals surface area contributed by atoms with Crippen LogP contribution < -0.4 is 9.47 Å². The van der Waals surface area contributed by atoms with Gasteiger partial charge in [0.05, 0.1) is 14.2 Å². The second-order valence-electron chi connectivity index (χ2n) is 7.20. The van der Waals surface area contributed by atoms with Crippen molar-refractivity contribution in [1.82, 2.24) is 4.90 Å². The number of carbonyl (C=O) groups is 1. The van der Waals surface area contributed by atoms with E-state index < -0.39 is 0 Å². The van der Waals surface area contributed by atoms with Gasteiger partial charge < -0.3 is 14.4 Å². The van der Waals surface area contributed by atoms with Gasteiger partial charge in [0, 0.05) is 23.1 Å². The Balaban J connectivity index is 1.89. The van der Waals surface area contributed by atoms with Crippen LogP contribution in [0.15, 0.2) is 77.3 Å². The van der Waals surface area contributed by atoms with Crippen molar-refractivity contribution in [2.24, 2.45) is 0 Å². The van der Waals surface area contributed by atoms with E-state index in [2.05, 4.69) is 35.0 Å². The zero-order chi connectivity index (χ0) is 21.5. The third kappa shape index (κ3) is 5.42. The predicted molar refractivity (Wildman–Crippen MR) is 123 cm³/mol. The fourth-order valence-electron chi connectivity index (χ4n) is 3.44. The number of amides is 1. The standard InChI is InChI=1S/C25H26BrNO3/c1-18(20-8-5-4-6-9-20)16-27(25(28)21-10-7-11-22(26)15-21)17-19-12-13-23(29-2)24(14-19)30-3/h4-15,18H,16-17H2,1-3H3/t18-/m1/s1. The number of carbonyl (C=O) groups excluding carboxylic acids is 1. The summed E-state index contributed by atoms with van der Waals surface area (Å²) in [7, 11) is 3.23. The fraction of sp³-hybridized carbons (Fsp3) is 0.240. The van der Waals surface area contributed by atoms with E-state index >= 15 is 0 Å². The quantitative estimate of drug-likeness (QED) is 0.413. The summed E-state index contributed by atoms with van der Waals surface area (Å²) in [4.78, 5) is 15.3. The Labute approximate surface area is 186 Å². The number of ether oxygens (including phenoxy) is 2. The number of benzene rings is 3. The molecule has 1 amide bonds. The molecule has 3 rings (SSSR count). The van der Waals surface area contributed by atoms with Gasteiger partial charge in [-0.2, -0.15) is 0 Å². The third-order valence-corrected chi connectivity index (χ3v) is 5.54. The molecule has 0 bridgehead atoms. The van der Waals surface area contributed by atoms with E-state index in [1.54, 1.807) is 14.2 Å². The molecule has 0 fully saturated rings. The van der Waals surface area contributed by atoms with Gasteiger partial charge in [0.25, 0.3) is 5.91 Å². The van der Waals surface area contributed by atoms with E-state index in [-0.39, 0.29) is 11.8 Å². The van der Waals surface area contributed by atoms with Gasteiger partial charge in [-0.15, -0.1) is 0 Å². The molecule has 0 unspecified atom stereocenters. The number of nitrogens with zero attached hydrogens (tertiary/aromatic N) is 1. The van der Waals surface area contributed by atoms with Crippen LogP contribution in [0.4, 0.5) is 0 Å². The molecule has 0 aliphatic rings. The van der Waals surface area contributed by atoms with Crippen LogP contribution in [-0.2, 0) is 6.54 Å². The van der Waals surface area contributed by atoms with Crippen LogP contribution in [-0.4, -0.2) is 31.6 Å². The second kappa shape index (κ2) is 10.3. The third-order valence-electron chi connectivity index (χ3n) is 5.04. The van der Waals surface area contributed by atoms with Gasteiger partial charge in [-0.25, -0.2) is 0 Å². The molecule has 0 spiro atoms. The van der Waals surface area contributed by atoms with E-state index in [9.17, 15) is 4.79 Å². The second-order valence-corrected chi connectivity index (χ2v) is 8.11. The molecule has 3 aromatic rings. The molecule has 0 heterocycles. The van der Waals surface area contributed by atoms with E-state index in [1.807, 2.05) is 65.6 Å². The van der Waals surface area contributed by atoms with Gasteiger partial charge in [-0.3, -0.25) is 4.79 Å². The van der Waals surface area contributed by atoms with Crippen molar-refractivity contribution in [2.45, 2.75) is 19.4 Å². The Bertz CT molecular complexity index is 991. The van der Waals surface area contributed by atoms with Crippen molar-refractivity contribution >= 4 is 21.8 Å². The smallest absolute Gasteiger partial charge is 0.254 e. The van der Waals surface area contributed by atoms with Gasteiger partial charge in [0.2, 0.25) is 0 Å². The minimum absolute atomic E-state index is 0.00568. The molecule has 1 atom stereocenters. The lowest BCUT2D eigenvalue weighted by atomic mass is 10.00. The molecular weight excluding hydrogens is 442 g/mol. The molecule has 0 saturated heterocycles. The lowest BCUT2D eigenvalue weighted by molar-refractivity contribution is 0.0734. The van der Waals surface area contributed by atoms with Crippen molar-refractivity contribution in [2.75, 3.05) is 20.8 Å². The van der Waals surface area contributed by atoms with Crippen LogP contribution in [0.5, 0.6) is 11.5 Å². The van der Waals surface area contributed by atoms with Crippen molar-refractivity contribution in [3.63, 3.8) is 0 Å². The van der Waals surface area contributed by atoms with Gasteiger partial charge in [0.15, 0.2) is 11.5 Å². The van der Waals surface area contributed by atoms with Crippen molar-refractivity contribution in [3.8, 4) is 11.5 Å². The first-order valence-corrected chi connectivity index (χ1v) is 10.6. The number of methoxy groups -OCH3 is 2. The molecule has 0 saturated carbocycles. The summed E-state index contributed by atoms with van der Waals surface area (Å²) < 4.78 is 11.7. The first kappa shape index (κ1) is 21.9. The Hall–Kier alpha value is -2.79. The van der Waals surface area contributed by atoms with Gasteiger partial charge in [-0.1, -0.05) is 65.3 Å². The molecule has 30 heavy (non-hydrogen) atoms. The van der Waals surface area contributed by atoms with Gasteiger partial charge >= 0.3 is 0 Å². The number of rotatable bonds is 8. The first-order valence-electron chi connectivity index (χ1n) is 9.82. The van der Waals surface area contributed by atoms with Crippen LogP contribution in [0, 0.1) is 0 Å². The topological polar surface area (TPSA) is 38.8 Å². The Kier molecular flexibility index (Phi) is 7.52. The summed E-state index contributed by atoms with van der Waals surface area (Å²) in [6.07, 6.45) is 0. The van der Waals surface area contributed by atoms with Gasteiger partial charge in [-0.05, 0) is 47.4 Å². The number of hydrogen-bond acceptors (Lipinski definition) is 3. The summed E-state index contributed by atoms with van der Waals surface area (Å²) in [5.41, 5.74) is 2.85. The molecule has 156 valence electrons. The number of halogens is 1. The van der Waals surface area contributed by atoms with E-state index in [0.717, 1.165) is 10.0 Å². The fourth-order valence-corrected chi connectivity index (χ4v) is 3.84. The zero-order valence-electron chi connectivity index (χ0n) is 17.5. The monoisotopic (exact) mass is 467 g/mol. The van der Waals surface area contributed by atoms with E-state index in [1.165, 1.54) is 5.56 Å². The summed E-state index contributed by atoms with van der Waals surface area (Å²) in [5.74, 6) is 1.51. The first-order chi connectivity index (χ1) is 14.5. The van der Waals surface area contributed by atoms with E-state index in [0.29, 0.717) is 30.2 Å².